The zero-order valence-corrected chi connectivity index (χ0v) is 12.1. The van der Waals surface area contributed by atoms with E-state index in [2.05, 4.69) is 0 Å². The van der Waals surface area contributed by atoms with Crippen molar-refractivity contribution in [2.75, 3.05) is 12.3 Å². The summed E-state index contributed by atoms with van der Waals surface area (Å²) in [6.45, 7) is 0.849. The number of ether oxygens (including phenoxy) is 1. The molecule has 0 bridgehead atoms. The normalized spacial score (nSPS) is 18.7. The Balaban J connectivity index is 1.88. The predicted octanol–water partition coefficient (Wildman–Crippen LogP) is 4.11. The Hall–Kier alpha value is -0.770. The van der Waals surface area contributed by atoms with Crippen LogP contribution in [0.25, 0.3) is 0 Å². The van der Waals surface area contributed by atoms with Crippen molar-refractivity contribution in [1.82, 2.24) is 0 Å². The van der Waals surface area contributed by atoms with Crippen molar-refractivity contribution in [3.05, 3.63) is 27.7 Å². The molecule has 1 aliphatic rings. The van der Waals surface area contributed by atoms with Crippen LogP contribution in [0.15, 0.2) is 12.1 Å². The summed E-state index contributed by atoms with van der Waals surface area (Å²) in [5.41, 5.74) is 6.49. The zero-order chi connectivity index (χ0) is 13.8. The summed E-state index contributed by atoms with van der Waals surface area (Å²) in [5, 5.41) is 0.657. The van der Waals surface area contributed by atoms with Crippen LogP contribution in [0.2, 0.25) is 10.0 Å². The molecule has 19 heavy (non-hydrogen) atoms. The van der Waals surface area contributed by atoms with E-state index in [0.717, 1.165) is 32.3 Å². The van der Waals surface area contributed by atoms with Gasteiger partial charge in [0.1, 0.15) is 0 Å². The van der Waals surface area contributed by atoms with Gasteiger partial charge in [0, 0.05) is 18.6 Å². The van der Waals surface area contributed by atoms with Crippen LogP contribution in [-0.2, 0) is 4.74 Å². The molecule has 1 fully saturated rings. The minimum Gasteiger partial charge on any atom is -0.396 e. The molecule has 1 heterocycles. The highest BCUT2D eigenvalue weighted by molar-refractivity contribution is 6.39. The smallest absolute Gasteiger partial charge is 0.162 e. The van der Waals surface area contributed by atoms with E-state index in [1.165, 1.54) is 0 Å². The third kappa shape index (κ3) is 3.85. The van der Waals surface area contributed by atoms with E-state index in [9.17, 15) is 4.79 Å². The van der Waals surface area contributed by atoms with Crippen LogP contribution < -0.4 is 5.73 Å². The van der Waals surface area contributed by atoms with E-state index < -0.39 is 0 Å². The summed E-state index contributed by atoms with van der Waals surface area (Å²) < 4.78 is 5.52. The van der Waals surface area contributed by atoms with Gasteiger partial charge in [-0.1, -0.05) is 23.2 Å². The second-order valence-corrected chi connectivity index (χ2v) is 5.62. The number of rotatable bonds is 5. The van der Waals surface area contributed by atoms with E-state index in [-0.39, 0.29) is 5.78 Å². The van der Waals surface area contributed by atoms with E-state index in [0.29, 0.717) is 33.8 Å². The predicted molar refractivity (Wildman–Crippen MR) is 78.0 cm³/mol. The van der Waals surface area contributed by atoms with E-state index >= 15 is 0 Å². The SMILES string of the molecule is Nc1c(Cl)cc(C(=O)CCCC2CCCO2)cc1Cl. The van der Waals surface area contributed by atoms with Crippen LogP contribution >= 0.6 is 23.2 Å². The number of hydrogen-bond donors (Lipinski definition) is 1. The molecule has 0 aromatic heterocycles. The fraction of sp³-hybridized carbons (Fsp3) is 0.500. The number of nitrogens with two attached hydrogens (primary N) is 1. The lowest BCUT2D eigenvalue weighted by atomic mass is 10.0. The van der Waals surface area contributed by atoms with Gasteiger partial charge in [-0.15, -0.1) is 0 Å². The highest BCUT2D eigenvalue weighted by Crippen LogP contribution is 2.29. The number of hydrogen-bond acceptors (Lipinski definition) is 3. The molecule has 1 atom stereocenters. The van der Waals surface area contributed by atoms with Gasteiger partial charge in [-0.2, -0.15) is 0 Å². The summed E-state index contributed by atoms with van der Waals surface area (Å²) in [4.78, 5) is 12.0. The molecule has 0 spiro atoms. The maximum absolute atomic E-state index is 12.0. The lowest BCUT2D eigenvalue weighted by molar-refractivity contribution is 0.0923. The molecule has 1 aromatic rings. The number of benzene rings is 1. The van der Waals surface area contributed by atoms with Crippen molar-refractivity contribution in [2.24, 2.45) is 0 Å². The van der Waals surface area contributed by atoms with Gasteiger partial charge in [0.2, 0.25) is 0 Å². The molecule has 1 unspecified atom stereocenters. The quantitative estimate of drug-likeness (QED) is 0.658. The highest BCUT2D eigenvalue weighted by Gasteiger charge is 2.16. The first-order valence-electron chi connectivity index (χ1n) is 6.47. The van der Waals surface area contributed by atoms with Crippen molar-refractivity contribution < 1.29 is 9.53 Å². The van der Waals surface area contributed by atoms with Gasteiger partial charge in [0.15, 0.2) is 5.78 Å². The minimum atomic E-state index is 0.0433. The third-order valence-corrected chi connectivity index (χ3v) is 3.98. The number of Topliss-reactive ketones (excluding diaryl/α,β-unsaturated/α-hetero) is 1. The Labute approximate surface area is 123 Å². The summed E-state index contributed by atoms with van der Waals surface area (Å²) in [7, 11) is 0. The van der Waals surface area contributed by atoms with E-state index in [1.807, 2.05) is 0 Å². The van der Waals surface area contributed by atoms with Crippen molar-refractivity contribution in [3.8, 4) is 0 Å². The number of carbonyl (C=O) groups excluding carboxylic acids is 1. The molecule has 1 aliphatic heterocycles. The average molecular weight is 302 g/mol. The number of halogens is 2. The van der Waals surface area contributed by atoms with Crippen molar-refractivity contribution in [1.29, 1.82) is 0 Å². The Morgan fingerprint density at radius 3 is 2.63 bits per heavy atom. The van der Waals surface area contributed by atoms with Crippen LogP contribution in [-0.4, -0.2) is 18.5 Å². The van der Waals surface area contributed by atoms with Crippen molar-refractivity contribution >= 4 is 34.7 Å². The Kier molecular flexibility index (Phi) is 5.08. The molecule has 1 saturated heterocycles. The monoisotopic (exact) mass is 301 g/mol. The highest BCUT2D eigenvalue weighted by atomic mass is 35.5. The van der Waals surface area contributed by atoms with Gasteiger partial charge in [0.25, 0.3) is 0 Å². The molecule has 0 saturated carbocycles. The summed E-state index contributed by atoms with van der Waals surface area (Å²) in [6, 6.07) is 3.16. The Bertz CT molecular complexity index is 448. The Morgan fingerprint density at radius 2 is 2.05 bits per heavy atom. The standard InChI is InChI=1S/C14H17Cl2NO2/c15-11-7-9(8-12(16)14(11)17)13(18)5-1-3-10-4-2-6-19-10/h7-8,10H,1-6,17H2. The molecule has 5 heteroatoms. The summed E-state index contributed by atoms with van der Waals surface area (Å²) in [5.74, 6) is 0.0433. The largest absolute Gasteiger partial charge is 0.396 e. The van der Waals surface area contributed by atoms with Gasteiger partial charge >= 0.3 is 0 Å². The molecule has 2 rings (SSSR count). The Morgan fingerprint density at radius 1 is 1.37 bits per heavy atom. The zero-order valence-electron chi connectivity index (χ0n) is 10.6. The fourth-order valence-corrected chi connectivity index (χ4v) is 2.74. The fourth-order valence-electron chi connectivity index (χ4n) is 2.25. The number of nitrogen functional groups attached to an aromatic ring is 1. The first-order chi connectivity index (χ1) is 9.08. The van der Waals surface area contributed by atoms with Crippen molar-refractivity contribution in [3.63, 3.8) is 0 Å². The molecule has 3 nitrogen and oxygen atoms in total. The average Bonchev–Trinajstić information content (AvgIpc) is 2.88. The molecule has 0 radical (unpaired) electrons. The number of carbonyl (C=O) groups is 1. The molecular weight excluding hydrogens is 285 g/mol. The van der Waals surface area contributed by atoms with Gasteiger partial charge in [-0.05, 0) is 37.8 Å². The molecule has 0 amide bonds. The van der Waals surface area contributed by atoms with Crippen LogP contribution in [0.5, 0.6) is 0 Å². The number of ketones is 1. The summed E-state index contributed by atoms with van der Waals surface area (Å²) >= 11 is 11.8. The van der Waals surface area contributed by atoms with Crippen molar-refractivity contribution in [2.45, 2.75) is 38.2 Å². The molecule has 2 N–H and O–H groups in total. The second kappa shape index (κ2) is 6.60. The summed E-state index contributed by atoms with van der Waals surface area (Å²) in [6.07, 6.45) is 4.79. The maximum Gasteiger partial charge on any atom is 0.162 e. The first kappa shape index (κ1) is 14.6. The van der Waals surface area contributed by atoms with Crippen LogP contribution in [0.1, 0.15) is 42.5 Å². The first-order valence-corrected chi connectivity index (χ1v) is 7.23. The van der Waals surface area contributed by atoms with Gasteiger partial charge in [0.05, 0.1) is 21.8 Å². The second-order valence-electron chi connectivity index (χ2n) is 4.80. The molecule has 0 aliphatic carbocycles. The topological polar surface area (TPSA) is 52.3 Å². The molecule has 104 valence electrons. The minimum absolute atomic E-state index is 0.0433. The third-order valence-electron chi connectivity index (χ3n) is 3.35. The molecular formula is C14H17Cl2NO2. The van der Waals surface area contributed by atoms with E-state index in [4.69, 9.17) is 33.7 Å². The van der Waals surface area contributed by atoms with Gasteiger partial charge in [-0.25, -0.2) is 0 Å². The van der Waals surface area contributed by atoms with Gasteiger partial charge in [-0.3, -0.25) is 4.79 Å². The van der Waals surface area contributed by atoms with Crippen LogP contribution in [0.3, 0.4) is 0 Å². The van der Waals surface area contributed by atoms with E-state index in [1.54, 1.807) is 12.1 Å². The number of anilines is 1. The maximum atomic E-state index is 12.0. The van der Waals surface area contributed by atoms with Crippen LogP contribution in [0, 0.1) is 0 Å². The van der Waals surface area contributed by atoms with Crippen LogP contribution in [0.4, 0.5) is 5.69 Å². The lowest BCUT2D eigenvalue weighted by Crippen LogP contribution is -2.07. The van der Waals surface area contributed by atoms with Gasteiger partial charge < -0.3 is 10.5 Å². The molecule has 1 aromatic carbocycles. The lowest BCUT2D eigenvalue weighted by Gasteiger charge is -2.09.